The highest BCUT2D eigenvalue weighted by atomic mass is 35.5. The molecule has 0 spiro atoms. The number of hydrogen-bond donors (Lipinski definition) is 0. The minimum Gasteiger partial charge on any atom is -0.339 e. The molecule has 156 valence electrons. The second-order valence-electron chi connectivity index (χ2n) is 7.13. The zero-order chi connectivity index (χ0) is 21.3. The first-order valence-electron chi connectivity index (χ1n) is 9.37. The molecule has 9 heteroatoms. The van der Waals surface area contributed by atoms with Gasteiger partial charge in [-0.1, -0.05) is 22.8 Å². The van der Waals surface area contributed by atoms with E-state index in [-0.39, 0.29) is 11.5 Å². The summed E-state index contributed by atoms with van der Waals surface area (Å²) in [4.78, 5) is 18.8. The van der Waals surface area contributed by atoms with Crippen LogP contribution < -0.4 is 0 Å². The summed E-state index contributed by atoms with van der Waals surface area (Å²) in [5.74, 6) is 0.203. The van der Waals surface area contributed by atoms with Gasteiger partial charge in [0.2, 0.25) is 11.7 Å². The van der Waals surface area contributed by atoms with E-state index in [1.165, 1.54) is 17.0 Å². The van der Waals surface area contributed by atoms with Gasteiger partial charge in [-0.15, -0.1) is 0 Å². The maximum atomic E-state index is 13.0. The molecule has 2 aromatic carbocycles. The topological polar surface area (TPSA) is 59.2 Å². The minimum atomic E-state index is -4.50. The van der Waals surface area contributed by atoms with Gasteiger partial charge in [-0.05, 0) is 55.3 Å². The maximum Gasteiger partial charge on any atom is 0.416 e. The fourth-order valence-corrected chi connectivity index (χ4v) is 3.62. The van der Waals surface area contributed by atoms with E-state index in [0.29, 0.717) is 36.2 Å². The van der Waals surface area contributed by atoms with Gasteiger partial charge in [-0.2, -0.15) is 18.2 Å². The van der Waals surface area contributed by atoms with Gasteiger partial charge in [0.05, 0.1) is 11.5 Å². The molecule has 1 fully saturated rings. The average Bonchev–Trinajstić information content (AvgIpc) is 3.24. The van der Waals surface area contributed by atoms with Crippen molar-refractivity contribution in [1.82, 2.24) is 15.0 Å². The summed E-state index contributed by atoms with van der Waals surface area (Å²) in [6.45, 7) is 0.765. The van der Waals surface area contributed by atoms with E-state index in [9.17, 15) is 18.0 Å². The van der Waals surface area contributed by atoms with E-state index >= 15 is 0 Å². The largest absolute Gasteiger partial charge is 0.416 e. The van der Waals surface area contributed by atoms with Crippen LogP contribution in [-0.4, -0.2) is 34.0 Å². The zero-order valence-electron chi connectivity index (χ0n) is 15.7. The van der Waals surface area contributed by atoms with E-state index < -0.39 is 17.6 Å². The molecular formula is C21H17ClF3N3O2. The summed E-state index contributed by atoms with van der Waals surface area (Å²) in [5.41, 5.74) is -0.0774. The van der Waals surface area contributed by atoms with Crippen LogP contribution in [0.4, 0.5) is 13.2 Å². The highest BCUT2D eigenvalue weighted by Crippen LogP contribution is 2.31. The molecular weight excluding hydrogens is 419 g/mol. The van der Waals surface area contributed by atoms with Gasteiger partial charge in [-0.25, -0.2) is 0 Å². The highest BCUT2D eigenvalue weighted by molar-refractivity contribution is 6.30. The van der Waals surface area contributed by atoms with Crippen molar-refractivity contribution in [3.05, 3.63) is 70.6 Å². The standard InChI is InChI=1S/C21H17ClF3N3O2/c22-17-8-6-13(7-9-17)18-26-19(30-27-18)15-4-2-10-28(12-15)20(29)14-3-1-5-16(11-14)21(23,24)25/h1,3,5-9,11,15H,2,4,10,12H2. The van der Waals surface area contributed by atoms with E-state index in [2.05, 4.69) is 10.1 Å². The van der Waals surface area contributed by atoms with Crippen LogP contribution in [-0.2, 0) is 6.18 Å². The smallest absolute Gasteiger partial charge is 0.339 e. The van der Waals surface area contributed by atoms with E-state index in [0.717, 1.165) is 24.1 Å². The predicted molar refractivity (Wildman–Crippen MR) is 104 cm³/mol. The van der Waals surface area contributed by atoms with Gasteiger partial charge < -0.3 is 9.42 Å². The zero-order valence-corrected chi connectivity index (χ0v) is 16.5. The summed E-state index contributed by atoms with van der Waals surface area (Å²) in [6.07, 6.45) is -3.06. The van der Waals surface area contributed by atoms with Crippen molar-refractivity contribution in [3.63, 3.8) is 0 Å². The Bertz CT molecular complexity index is 1050. The molecule has 0 bridgehead atoms. The third-order valence-corrected chi connectivity index (χ3v) is 5.29. The third kappa shape index (κ3) is 4.33. The molecule has 1 amide bonds. The summed E-state index contributed by atoms with van der Waals surface area (Å²) < 4.78 is 44.3. The van der Waals surface area contributed by atoms with Crippen LogP contribution in [0.3, 0.4) is 0 Å². The minimum absolute atomic E-state index is 0.0119. The number of hydrogen-bond acceptors (Lipinski definition) is 4. The van der Waals surface area contributed by atoms with E-state index in [4.69, 9.17) is 16.1 Å². The highest BCUT2D eigenvalue weighted by Gasteiger charge is 2.33. The SMILES string of the molecule is O=C(c1cccc(C(F)(F)F)c1)N1CCCC(c2nc(-c3ccc(Cl)cc3)no2)C1. The first-order valence-corrected chi connectivity index (χ1v) is 9.75. The van der Waals surface area contributed by atoms with Crippen molar-refractivity contribution < 1.29 is 22.5 Å². The Morgan fingerprint density at radius 3 is 2.67 bits per heavy atom. The first kappa shape index (κ1) is 20.4. The first-order chi connectivity index (χ1) is 14.3. The molecule has 4 rings (SSSR count). The molecule has 0 N–H and O–H groups in total. The number of amides is 1. The van der Waals surface area contributed by atoms with Gasteiger partial charge >= 0.3 is 6.18 Å². The molecule has 1 aromatic heterocycles. The lowest BCUT2D eigenvalue weighted by Crippen LogP contribution is -2.39. The molecule has 0 aliphatic carbocycles. The lowest BCUT2D eigenvalue weighted by molar-refractivity contribution is -0.137. The summed E-state index contributed by atoms with van der Waals surface area (Å²) in [7, 11) is 0. The number of halogens is 4. The number of rotatable bonds is 3. The molecule has 0 saturated carbocycles. The molecule has 1 aliphatic rings. The normalized spacial score (nSPS) is 17.2. The summed E-state index contributed by atoms with van der Waals surface area (Å²) in [5, 5.41) is 4.60. The Hall–Kier alpha value is -2.87. The van der Waals surface area contributed by atoms with Gasteiger partial charge in [-0.3, -0.25) is 4.79 Å². The molecule has 1 unspecified atom stereocenters. The van der Waals surface area contributed by atoms with Crippen LogP contribution >= 0.6 is 11.6 Å². The second kappa shape index (κ2) is 8.10. The number of carbonyl (C=O) groups excluding carboxylic acids is 1. The lowest BCUT2D eigenvalue weighted by atomic mass is 9.97. The molecule has 5 nitrogen and oxygen atoms in total. The lowest BCUT2D eigenvalue weighted by Gasteiger charge is -2.31. The van der Waals surface area contributed by atoms with Crippen molar-refractivity contribution in [2.24, 2.45) is 0 Å². The predicted octanol–water partition coefficient (Wildman–Crippen LogP) is 5.43. The fourth-order valence-electron chi connectivity index (χ4n) is 3.49. The van der Waals surface area contributed by atoms with Crippen LogP contribution in [0.1, 0.15) is 40.6 Å². The number of likely N-dealkylation sites (tertiary alicyclic amines) is 1. The van der Waals surface area contributed by atoms with Crippen molar-refractivity contribution >= 4 is 17.5 Å². The van der Waals surface area contributed by atoms with Crippen LogP contribution in [0.15, 0.2) is 53.1 Å². The van der Waals surface area contributed by atoms with Gasteiger partial charge in [0.15, 0.2) is 0 Å². The molecule has 0 radical (unpaired) electrons. The average molecular weight is 436 g/mol. The Balaban J connectivity index is 1.50. The van der Waals surface area contributed by atoms with E-state index in [1.807, 2.05) is 0 Å². The molecule has 1 atom stereocenters. The van der Waals surface area contributed by atoms with Crippen LogP contribution in [0.5, 0.6) is 0 Å². The van der Waals surface area contributed by atoms with Gasteiger partial charge in [0.25, 0.3) is 5.91 Å². The maximum absolute atomic E-state index is 13.0. The van der Waals surface area contributed by atoms with Crippen molar-refractivity contribution in [2.75, 3.05) is 13.1 Å². The molecule has 2 heterocycles. The number of piperidine rings is 1. The second-order valence-corrected chi connectivity index (χ2v) is 7.57. The van der Waals surface area contributed by atoms with Crippen molar-refractivity contribution in [2.45, 2.75) is 24.9 Å². The van der Waals surface area contributed by atoms with Crippen LogP contribution in [0, 0.1) is 0 Å². The summed E-state index contributed by atoms with van der Waals surface area (Å²) >= 11 is 5.89. The van der Waals surface area contributed by atoms with E-state index in [1.54, 1.807) is 24.3 Å². The Kier molecular flexibility index (Phi) is 5.51. The number of aromatic nitrogens is 2. The fraction of sp³-hybridized carbons (Fsp3) is 0.286. The molecule has 1 saturated heterocycles. The quantitative estimate of drug-likeness (QED) is 0.550. The number of alkyl halides is 3. The Labute approximate surface area is 175 Å². The number of benzene rings is 2. The van der Waals surface area contributed by atoms with Gasteiger partial charge in [0.1, 0.15) is 0 Å². The van der Waals surface area contributed by atoms with Crippen molar-refractivity contribution in [3.8, 4) is 11.4 Å². The Morgan fingerprint density at radius 1 is 1.17 bits per heavy atom. The monoisotopic (exact) mass is 435 g/mol. The number of nitrogens with zero attached hydrogens (tertiary/aromatic N) is 3. The molecule has 1 aliphatic heterocycles. The molecule has 30 heavy (non-hydrogen) atoms. The molecule has 3 aromatic rings. The van der Waals surface area contributed by atoms with Crippen LogP contribution in [0.25, 0.3) is 11.4 Å². The Morgan fingerprint density at radius 2 is 1.93 bits per heavy atom. The van der Waals surface area contributed by atoms with Crippen molar-refractivity contribution in [1.29, 1.82) is 0 Å². The van der Waals surface area contributed by atoms with Crippen LogP contribution in [0.2, 0.25) is 5.02 Å². The summed E-state index contributed by atoms with van der Waals surface area (Å²) in [6, 6.07) is 11.5. The number of carbonyl (C=O) groups is 1. The third-order valence-electron chi connectivity index (χ3n) is 5.04. The van der Waals surface area contributed by atoms with Gasteiger partial charge in [0, 0.05) is 29.2 Å².